The smallest absolute Gasteiger partial charge is 0.303 e. The maximum Gasteiger partial charge on any atom is 0.466 e. The first-order chi connectivity index (χ1) is 10.7. The molecule has 0 aromatic carbocycles. The standard InChI is InChI=1S/C15H30ClO.Na.H3O4P/c1-3-4-5-6-7-8-9-10-11-12-13-15(16)14(2)17;;1-5(2,3)4/h14-15,17H,2-13H2,1H3;;(H3,1,2,3,4). The molecule has 5 nitrogen and oxygen atoms in total. The minimum absolute atomic E-state index is 0.00320. The first-order valence-electron chi connectivity index (χ1n) is 8.82. The van der Waals surface area contributed by atoms with Crippen molar-refractivity contribution in [3.63, 3.8) is 0 Å². The molecule has 0 radical (unpaired) electrons. The number of hydrogen-bond acceptors (Lipinski definition) is 2. The van der Waals surface area contributed by atoms with Crippen LogP contribution in [-0.2, 0) is 4.57 Å². The van der Waals surface area contributed by atoms with Crippen LogP contribution in [0, 0.1) is 0 Å². The van der Waals surface area contributed by atoms with Crippen LogP contribution < -0.4 is 0 Å². The molecular formula is C15H33ClNaO5P. The summed E-state index contributed by atoms with van der Waals surface area (Å²) in [6.07, 6.45) is 14.3. The molecule has 0 aliphatic heterocycles. The zero-order chi connectivity index (χ0) is 18.1. The fourth-order valence-electron chi connectivity index (χ4n) is 2.27. The Bertz CT molecular complexity index is 283. The fourth-order valence-corrected chi connectivity index (χ4v) is 3.48. The van der Waals surface area contributed by atoms with Gasteiger partial charge in [0.2, 0.25) is 0 Å². The molecule has 0 rings (SSSR count). The first kappa shape index (κ1) is 26.6. The SMILES string of the molecule is CCCCCCCCCCCCC(Cl)C(O)[CH2][Na].O=P(O)(O)O. The van der Waals surface area contributed by atoms with Crippen molar-refractivity contribution in [1.29, 1.82) is 0 Å². The Morgan fingerprint density at radius 3 is 1.61 bits per heavy atom. The van der Waals surface area contributed by atoms with E-state index in [4.69, 9.17) is 30.8 Å². The van der Waals surface area contributed by atoms with Gasteiger partial charge in [0.05, 0.1) is 0 Å². The van der Waals surface area contributed by atoms with Crippen molar-refractivity contribution < 1.29 is 24.4 Å². The van der Waals surface area contributed by atoms with E-state index >= 15 is 0 Å². The average Bonchev–Trinajstić information content (AvgIpc) is 2.46. The molecule has 0 heterocycles. The van der Waals surface area contributed by atoms with Crippen LogP contribution in [-0.4, -0.2) is 59.2 Å². The number of alkyl halides is 1. The van der Waals surface area contributed by atoms with E-state index in [0.717, 1.165) is 38.0 Å². The molecule has 136 valence electrons. The molecule has 0 fully saturated rings. The van der Waals surface area contributed by atoms with Gasteiger partial charge in [-0.25, -0.2) is 4.57 Å². The largest absolute Gasteiger partial charge is 0.466 e. The third kappa shape index (κ3) is 28.4. The third-order valence-electron chi connectivity index (χ3n) is 3.67. The second-order valence-electron chi connectivity index (χ2n) is 5.98. The number of rotatable bonds is 13. The van der Waals surface area contributed by atoms with Crippen LogP contribution in [0.1, 0.15) is 77.6 Å². The summed E-state index contributed by atoms with van der Waals surface area (Å²) in [5, 5.41) is 9.57. The second-order valence-corrected chi connectivity index (χ2v) is 8.38. The molecule has 2 unspecified atom stereocenters. The van der Waals surface area contributed by atoms with E-state index in [9.17, 15) is 5.11 Å². The van der Waals surface area contributed by atoms with Crippen molar-refractivity contribution in [1.82, 2.24) is 0 Å². The van der Waals surface area contributed by atoms with E-state index in [1.165, 1.54) is 64.2 Å². The summed E-state index contributed by atoms with van der Waals surface area (Å²) in [4.78, 5) is 21.6. The van der Waals surface area contributed by atoms with Gasteiger partial charge in [-0.1, -0.05) is 19.8 Å². The minimum atomic E-state index is -4.64. The van der Waals surface area contributed by atoms with Gasteiger partial charge >= 0.3 is 125 Å². The Hall–Kier alpha value is 1.36. The van der Waals surface area contributed by atoms with Crippen molar-refractivity contribution in [2.45, 2.75) is 92.7 Å². The summed E-state index contributed by atoms with van der Waals surface area (Å²) in [5.41, 5.74) is 0. The molecule has 0 amide bonds. The van der Waals surface area contributed by atoms with E-state index in [1.807, 2.05) is 0 Å². The predicted molar refractivity (Wildman–Crippen MR) is 96.9 cm³/mol. The van der Waals surface area contributed by atoms with Gasteiger partial charge in [-0.2, -0.15) is 0 Å². The topological polar surface area (TPSA) is 98.0 Å². The molecule has 0 saturated heterocycles. The molecule has 0 bridgehead atoms. The van der Waals surface area contributed by atoms with Gasteiger partial charge < -0.3 is 14.7 Å². The second kappa shape index (κ2) is 18.2. The number of aliphatic hydroxyl groups is 1. The first-order valence-corrected chi connectivity index (χ1v) is 12.2. The van der Waals surface area contributed by atoms with E-state index < -0.39 is 7.82 Å². The number of phosphoric acid groups is 1. The zero-order valence-corrected chi connectivity index (χ0v) is 18.3. The van der Waals surface area contributed by atoms with Crippen molar-refractivity contribution in [2.24, 2.45) is 0 Å². The van der Waals surface area contributed by atoms with Crippen LogP contribution in [0.25, 0.3) is 0 Å². The van der Waals surface area contributed by atoms with Gasteiger partial charge in [-0.3, -0.25) is 0 Å². The van der Waals surface area contributed by atoms with E-state index in [-0.39, 0.29) is 11.5 Å². The Morgan fingerprint density at radius 1 is 0.913 bits per heavy atom. The van der Waals surface area contributed by atoms with Crippen LogP contribution in [0.15, 0.2) is 0 Å². The average molecular weight is 383 g/mol. The van der Waals surface area contributed by atoms with Gasteiger partial charge in [-0.05, 0) is 0 Å². The monoisotopic (exact) mass is 382 g/mol. The van der Waals surface area contributed by atoms with Crippen molar-refractivity contribution in [3.8, 4) is 0 Å². The zero-order valence-electron chi connectivity index (χ0n) is 14.7. The Balaban J connectivity index is 0. The Labute approximate surface area is 163 Å². The van der Waals surface area contributed by atoms with Gasteiger partial charge in [0.25, 0.3) is 0 Å². The summed E-state index contributed by atoms with van der Waals surface area (Å²) in [6, 6.07) is 0. The van der Waals surface area contributed by atoms with Crippen LogP contribution >= 0.6 is 19.4 Å². The number of hydrogen-bond donors (Lipinski definition) is 4. The molecule has 23 heavy (non-hydrogen) atoms. The molecule has 8 heteroatoms. The van der Waals surface area contributed by atoms with E-state index in [0.29, 0.717) is 0 Å². The molecule has 2 atom stereocenters. The van der Waals surface area contributed by atoms with Gasteiger partial charge in [-0.15, -0.1) is 0 Å². The minimum Gasteiger partial charge on any atom is -0.303 e. The number of halogens is 1. The summed E-state index contributed by atoms with van der Waals surface area (Å²) in [6.45, 7) is 2.27. The Kier molecular flexibility index (Phi) is 21.0. The van der Waals surface area contributed by atoms with Gasteiger partial charge in [0.1, 0.15) is 0 Å². The van der Waals surface area contributed by atoms with Crippen molar-refractivity contribution >= 4 is 47.4 Å². The number of aliphatic hydroxyl groups excluding tert-OH is 1. The molecule has 0 aromatic heterocycles. The van der Waals surface area contributed by atoms with Crippen molar-refractivity contribution in [3.05, 3.63) is 0 Å². The number of unbranched alkanes of at least 4 members (excludes halogenated alkanes) is 9. The van der Waals surface area contributed by atoms with Crippen molar-refractivity contribution in [2.75, 3.05) is 0 Å². The summed E-state index contributed by atoms with van der Waals surface area (Å²) < 4.78 is 9.79. The van der Waals surface area contributed by atoms with E-state index in [2.05, 4.69) is 6.92 Å². The third-order valence-corrected chi connectivity index (χ3v) is 5.01. The molecular weight excluding hydrogens is 350 g/mol. The quantitative estimate of drug-likeness (QED) is 0.167. The maximum absolute atomic E-state index is 9.57. The van der Waals surface area contributed by atoms with Crippen LogP contribution in [0.4, 0.5) is 0 Å². The van der Waals surface area contributed by atoms with Crippen LogP contribution in [0.5, 0.6) is 0 Å². The molecule has 4 N–H and O–H groups in total. The Morgan fingerprint density at radius 2 is 1.26 bits per heavy atom. The van der Waals surface area contributed by atoms with E-state index in [1.54, 1.807) is 0 Å². The van der Waals surface area contributed by atoms with Gasteiger partial charge in [0, 0.05) is 0 Å². The van der Waals surface area contributed by atoms with Crippen LogP contribution in [0.2, 0.25) is 3.67 Å². The normalized spacial score (nSPS) is 14.1. The predicted octanol–water partition coefficient (Wildman–Crippen LogP) is 3.92. The summed E-state index contributed by atoms with van der Waals surface area (Å²) >= 11 is 7.16. The maximum atomic E-state index is 9.57. The molecule has 0 aromatic rings. The molecule has 0 spiro atoms. The van der Waals surface area contributed by atoms with Gasteiger partial charge in [0.15, 0.2) is 0 Å². The molecule has 0 aliphatic carbocycles. The fraction of sp³-hybridized carbons (Fsp3) is 1.00. The summed E-state index contributed by atoms with van der Waals surface area (Å²) in [7, 11) is -4.64. The molecule has 0 saturated carbocycles. The molecule has 0 aliphatic rings. The van der Waals surface area contributed by atoms with Crippen LogP contribution in [0.3, 0.4) is 0 Å². The summed E-state index contributed by atoms with van der Waals surface area (Å²) in [5.74, 6) is 0.